The Labute approximate surface area is 72.5 Å². The zero-order valence-electron chi connectivity index (χ0n) is 6.90. The summed E-state index contributed by atoms with van der Waals surface area (Å²) in [5.41, 5.74) is -1.48. The Morgan fingerprint density at radius 3 is 2.69 bits per heavy atom. The molecule has 0 unspecified atom stereocenters. The van der Waals surface area contributed by atoms with E-state index in [1.165, 1.54) is 6.92 Å². The fraction of sp³-hybridized carbons (Fsp3) is 0.286. The van der Waals surface area contributed by atoms with Gasteiger partial charge in [-0.05, 0) is 6.92 Å². The quantitative estimate of drug-likeness (QED) is 0.605. The summed E-state index contributed by atoms with van der Waals surface area (Å²) in [5.74, 6) is -0.798. The summed E-state index contributed by atoms with van der Waals surface area (Å²) < 4.78 is 0.781. The predicted octanol–water partition coefficient (Wildman–Crippen LogP) is -1.17. The number of aromatic nitrogens is 2. The number of aromatic amines is 1. The molecule has 0 bridgehead atoms. The molecule has 1 heterocycles. The van der Waals surface area contributed by atoms with E-state index in [1.54, 1.807) is 0 Å². The summed E-state index contributed by atoms with van der Waals surface area (Å²) in [7, 11) is 0. The minimum absolute atomic E-state index is 0.249. The second-order valence-electron chi connectivity index (χ2n) is 2.59. The molecule has 0 aliphatic rings. The Hall–Kier alpha value is -1.85. The molecule has 0 amide bonds. The SMILES string of the molecule is CC(=O)Cn1c(O)cc(=O)[nH]c1=O. The molecule has 6 nitrogen and oxygen atoms in total. The first-order valence-corrected chi connectivity index (χ1v) is 3.53. The molecule has 0 saturated carbocycles. The van der Waals surface area contributed by atoms with Gasteiger partial charge >= 0.3 is 5.69 Å². The van der Waals surface area contributed by atoms with Gasteiger partial charge in [0.15, 0.2) is 0 Å². The van der Waals surface area contributed by atoms with E-state index in [4.69, 9.17) is 5.11 Å². The van der Waals surface area contributed by atoms with Gasteiger partial charge in [-0.3, -0.25) is 19.1 Å². The van der Waals surface area contributed by atoms with Crippen LogP contribution in [0.25, 0.3) is 0 Å². The molecule has 0 aliphatic heterocycles. The van der Waals surface area contributed by atoms with Crippen molar-refractivity contribution >= 4 is 5.78 Å². The van der Waals surface area contributed by atoms with Crippen molar-refractivity contribution in [3.8, 4) is 5.88 Å². The number of rotatable bonds is 2. The van der Waals surface area contributed by atoms with Crippen LogP contribution in [0.4, 0.5) is 0 Å². The van der Waals surface area contributed by atoms with Gasteiger partial charge in [0.05, 0.1) is 12.6 Å². The summed E-state index contributed by atoms with van der Waals surface area (Å²) in [6, 6.07) is 0.838. The molecule has 0 aliphatic carbocycles. The van der Waals surface area contributed by atoms with Gasteiger partial charge in [-0.1, -0.05) is 0 Å². The molecule has 0 atom stereocenters. The maximum Gasteiger partial charge on any atom is 0.331 e. The summed E-state index contributed by atoms with van der Waals surface area (Å²) in [4.78, 5) is 34.2. The zero-order chi connectivity index (χ0) is 10.0. The normalized spacial score (nSPS) is 9.92. The molecule has 0 spiro atoms. The van der Waals surface area contributed by atoms with Crippen LogP contribution < -0.4 is 11.2 Å². The Kier molecular flexibility index (Phi) is 2.32. The van der Waals surface area contributed by atoms with E-state index in [1.807, 2.05) is 4.98 Å². The van der Waals surface area contributed by atoms with E-state index in [0.717, 1.165) is 10.6 Å². The molecular formula is C7H8N2O4. The number of hydrogen-bond donors (Lipinski definition) is 2. The maximum atomic E-state index is 11.0. The molecule has 2 N–H and O–H groups in total. The van der Waals surface area contributed by atoms with Crippen molar-refractivity contribution in [2.24, 2.45) is 0 Å². The number of nitrogens with zero attached hydrogens (tertiary/aromatic N) is 1. The molecule has 0 aromatic carbocycles. The number of nitrogens with one attached hydrogen (secondary N) is 1. The largest absolute Gasteiger partial charge is 0.494 e. The molecule has 1 aromatic heterocycles. The summed E-state index contributed by atoms with van der Waals surface area (Å²) in [5, 5.41) is 9.11. The lowest BCUT2D eigenvalue weighted by Crippen LogP contribution is -2.30. The Balaban J connectivity index is 3.29. The van der Waals surface area contributed by atoms with Gasteiger partial charge in [0.2, 0.25) is 5.88 Å². The predicted molar refractivity (Wildman–Crippen MR) is 43.7 cm³/mol. The van der Waals surface area contributed by atoms with Gasteiger partial charge in [-0.2, -0.15) is 0 Å². The van der Waals surface area contributed by atoms with Crippen LogP contribution >= 0.6 is 0 Å². The number of Topliss-reactive ketones (excluding diaryl/α,β-unsaturated/α-hetero) is 1. The zero-order valence-corrected chi connectivity index (χ0v) is 6.90. The van der Waals surface area contributed by atoms with E-state index in [-0.39, 0.29) is 12.3 Å². The molecule has 13 heavy (non-hydrogen) atoms. The Morgan fingerprint density at radius 2 is 2.23 bits per heavy atom. The standard InChI is InChI=1S/C7H8N2O4/c1-4(10)3-9-6(12)2-5(11)8-7(9)13/h2,12H,3H2,1H3,(H,8,11,13). The fourth-order valence-electron chi connectivity index (χ4n) is 0.884. The molecule has 1 aromatic rings. The number of hydrogen-bond acceptors (Lipinski definition) is 4. The van der Waals surface area contributed by atoms with Crippen LogP contribution in [0, 0.1) is 0 Å². The summed E-state index contributed by atoms with van der Waals surface area (Å²) in [6.45, 7) is 1.03. The van der Waals surface area contributed by atoms with Crippen LogP contribution in [0.2, 0.25) is 0 Å². The van der Waals surface area contributed by atoms with E-state index >= 15 is 0 Å². The maximum absolute atomic E-state index is 11.0. The molecule has 1 rings (SSSR count). The minimum atomic E-state index is -0.791. The van der Waals surface area contributed by atoms with Gasteiger partial charge in [0, 0.05) is 0 Å². The van der Waals surface area contributed by atoms with E-state index in [9.17, 15) is 14.4 Å². The third-order valence-corrected chi connectivity index (χ3v) is 1.39. The first-order valence-electron chi connectivity index (χ1n) is 3.53. The number of aromatic hydroxyl groups is 1. The number of carbonyl (C=O) groups is 1. The highest BCUT2D eigenvalue weighted by molar-refractivity contribution is 5.75. The third-order valence-electron chi connectivity index (χ3n) is 1.39. The number of ketones is 1. The Morgan fingerprint density at radius 1 is 1.62 bits per heavy atom. The van der Waals surface area contributed by atoms with Crippen molar-refractivity contribution in [2.75, 3.05) is 0 Å². The third kappa shape index (κ3) is 2.05. The summed E-state index contributed by atoms with van der Waals surface area (Å²) >= 11 is 0. The molecule has 0 radical (unpaired) electrons. The topological polar surface area (TPSA) is 92.2 Å². The number of H-pyrrole nitrogens is 1. The first kappa shape index (κ1) is 9.24. The average molecular weight is 184 g/mol. The van der Waals surface area contributed by atoms with Gasteiger partial charge < -0.3 is 5.11 Å². The average Bonchev–Trinajstić information content (AvgIpc) is 1.96. The van der Waals surface area contributed by atoms with Crippen LogP contribution in [0.15, 0.2) is 15.7 Å². The van der Waals surface area contributed by atoms with Gasteiger partial charge in [-0.25, -0.2) is 4.79 Å². The van der Waals surface area contributed by atoms with Crippen molar-refractivity contribution in [1.29, 1.82) is 0 Å². The first-order chi connectivity index (χ1) is 6.00. The van der Waals surface area contributed by atoms with E-state index in [2.05, 4.69) is 0 Å². The lowest BCUT2D eigenvalue weighted by Gasteiger charge is -2.03. The van der Waals surface area contributed by atoms with Crippen LogP contribution in [0.3, 0.4) is 0 Å². The minimum Gasteiger partial charge on any atom is -0.494 e. The van der Waals surface area contributed by atoms with Gasteiger partial charge in [0.25, 0.3) is 5.56 Å². The molecular weight excluding hydrogens is 176 g/mol. The van der Waals surface area contributed by atoms with Crippen molar-refractivity contribution in [1.82, 2.24) is 9.55 Å². The van der Waals surface area contributed by atoms with Crippen molar-refractivity contribution in [3.63, 3.8) is 0 Å². The van der Waals surface area contributed by atoms with Gasteiger partial charge in [-0.15, -0.1) is 0 Å². The lowest BCUT2D eigenvalue weighted by molar-refractivity contribution is -0.117. The van der Waals surface area contributed by atoms with E-state index in [0.29, 0.717) is 0 Å². The second kappa shape index (κ2) is 3.26. The van der Waals surface area contributed by atoms with Crippen LogP contribution in [-0.4, -0.2) is 20.4 Å². The van der Waals surface area contributed by atoms with Crippen LogP contribution in [0.1, 0.15) is 6.92 Å². The second-order valence-corrected chi connectivity index (χ2v) is 2.59. The fourth-order valence-corrected chi connectivity index (χ4v) is 0.884. The highest BCUT2D eigenvalue weighted by Crippen LogP contribution is 1.99. The monoisotopic (exact) mass is 184 g/mol. The van der Waals surface area contributed by atoms with Crippen molar-refractivity contribution < 1.29 is 9.90 Å². The highest BCUT2D eigenvalue weighted by atomic mass is 16.3. The Bertz CT molecular complexity index is 443. The molecule has 0 fully saturated rings. The van der Waals surface area contributed by atoms with Crippen molar-refractivity contribution in [3.05, 3.63) is 26.9 Å². The highest BCUT2D eigenvalue weighted by Gasteiger charge is 2.05. The van der Waals surface area contributed by atoms with Crippen LogP contribution in [0.5, 0.6) is 5.88 Å². The smallest absolute Gasteiger partial charge is 0.331 e. The molecule has 6 heteroatoms. The summed E-state index contributed by atoms with van der Waals surface area (Å²) in [6.07, 6.45) is 0. The number of carbonyl (C=O) groups excluding carboxylic acids is 1. The lowest BCUT2D eigenvalue weighted by atomic mass is 10.4. The van der Waals surface area contributed by atoms with E-state index < -0.39 is 17.1 Å². The van der Waals surface area contributed by atoms with Crippen LogP contribution in [-0.2, 0) is 11.3 Å². The van der Waals surface area contributed by atoms with Gasteiger partial charge in [0.1, 0.15) is 5.78 Å². The van der Waals surface area contributed by atoms with Crippen molar-refractivity contribution in [2.45, 2.75) is 13.5 Å². The molecule has 70 valence electrons. The molecule has 0 saturated heterocycles.